The molecule has 1 aliphatic rings. The second-order valence-electron chi connectivity index (χ2n) is 7.18. The zero-order chi connectivity index (χ0) is 23.6. The van der Waals surface area contributed by atoms with Crippen LogP contribution in [0.4, 0.5) is 27.6 Å². The third kappa shape index (κ3) is 3.99. The number of carbonyl (C=O) groups excluding carboxylic acids is 2. The molecule has 170 valence electrons. The molecule has 0 bridgehead atoms. The maximum Gasteiger partial charge on any atom is 0.275 e. The molecule has 0 saturated heterocycles. The Morgan fingerprint density at radius 3 is 2.25 bits per heavy atom. The van der Waals surface area contributed by atoms with Gasteiger partial charge >= 0.3 is 0 Å². The van der Waals surface area contributed by atoms with E-state index in [0.29, 0.717) is 10.5 Å². The Kier molecular flexibility index (Phi) is 6.96. The molecule has 2 amide bonds. The van der Waals surface area contributed by atoms with Crippen LogP contribution in [-0.2, 0) is 4.79 Å². The SMILES string of the molecule is CCCC/C=C/c1cccc2c1OC(CC)C(=O)N2C(=O)c1c(F)c(F)c(F)c(F)c1F. The normalized spacial score (nSPS) is 15.8. The molecule has 9 heteroatoms. The highest BCUT2D eigenvalue weighted by molar-refractivity contribution is 6.24. The second kappa shape index (κ2) is 9.50. The van der Waals surface area contributed by atoms with Gasteiger partial charge in [0.2, 0.25) is 5.82 Å². The largest absolute Gasteiger partial charge is 0.478 e. The topological polar surface area (TPSA) is 46.6 Å². The van der Waals surface area contributed by atoms with Crippen molar-refractivity contribution in [1.82, 2.24) is 0 Å². The van der Waals surface area contributed by atoms with E-state index in [1.807, 2.05) is 13.0 Å². The summed E-state index contributed by atoms with van der Waals surface area (Å²) in [6.07, 6.45) is 5.19. The van der Waals surface area contributed by atoms with Crippen molar-refractivity contribution in [3.05, 3.63) is 64.5 Å². The molecule has 0 saturated carbocycles. The number of ether oxygens (including phenoxy) is 1. The van der Waals surface area contributed by atoms with Gasteiger partial charge in [-0.15, -0.1) is 0 Å². The standard InChI is InChI=1S/C23H20F5NO3/c1-3-5-6-7-9-12-10-8-11-13-21(12)32-14(4-2)22(30)29(13)23(31)15-16(24)18(26)20(28)19(27)17(15)25/h7-11,14H,3-6H2,1-2H3/b9-7+. The Balaban J connectivity index is 2.15. The number of halogens is 5. The highest BCUT2D eigenvalue weighted by Crippen LogP contribution is 2.40. The Labute approximate surface area is 181 Å². The van der Waals surface area contributed by atoms with Gasteiger partial charge in [-0.1, -0.05) is 51.0 Å². The third-order valence-electron chi connectivity index (χ3n) is 5.04. The van der Waals surface area contributed by atoms with E-state index in [2.05, 4.69) is 0 Å². The molecule has 0 fully saturated rings. The van der Waals surface area contributed by atoms with Crippen LogP contribution in [0, 0.1) is 29.1 Å². The predicted molar refractivity (Wildman–Crippen MR) is 108 cm³/mol. The molecule has 32 heavy (non-hydrogen) atoms. The van der Waals surface area contributed by atoms with Crippen molar-refractivity contribution in [3.8, 4) is 5.75 Å². The molecule has 3 rings (SSSR count). The Morgan fingerprint density at radius 1 is 1.03 bits per heavy atom. The van der Waals surface area contributed by atoms with Crippen LogP contribution in [0.1, 0.15) is 55.5 Å². The fourth-order valence-electron chi connectivity index (χ4n) is 3.34. The number of allylic oxidation sites excluding steroid dienone is 1. The van der Waals surface area contributed by atoms with Gasteiger partial charge < -0.3 is 4.74 Å². The number of nitrogens with zero attached hydrogens (tertiary/aromatic N) is 1. The number of carbonyl (C=O) groups is 2. The summed E-state index contributed by atoms with van der Waals surface area (Å²) in [5.74, 6) is -14.1. The number of anilines is 1. The molecule has 0 radical (unpaired) electrons. The zero-order valence-electron chi connectivity index (χ0n) is 17.4. The molecule has 1 unspecified atom stereocenters. The molecule has 1 atom stereocenters. The van der Waals surface area contributed by atoms with Crippen LogP contribution in [-0.4, -0.2) is 17.9 Å². The number of imide groups is 1. The van der Waals surface area contributed by atoms with E-state index >= 15 is 0 Å². The molecular weight excluding hydrogens is 433 g/mol. The number of amides is 2. The lowest BCUT2D eigenvalue weighted by Crippen LogP contribution is -2.49. The summed E-state index contributed by atoms with van der Waals surface area (Å²) in [4.78, 5) is 26.3. The van der Waals surface area contributed by atoms with E-state index < -0.39 is 52.6 Å². The first-order chi connectivity index (χ1) is 15.2. The van der Waals surface area contributed by atoms with Crippen LogP contribution in [0.2, 0.25) is 0 Å². The molecule has 2 aromatic rings. The highest BCUT2D eigenvalue weighted by atomic mass is 19.2. The molecule has 0 N–H and O–H groups in total. The van der Waals surface area contributed by atoms with Crippen molar-refractivity contribution in [2.75, 3.05) is 4.90 Å². The minimum Gasteiger partial charge on any atom is -0.478 e. The third-order valence-corrected chi connectivity index (χ3v) is 5.04. The van der Waals surface area contributed by atoms with E-state index in [1.54, 1.807) is 19.1 Å². The van der Waals surface area contributed by atoms with Gasteiger partial charge in [-0.3, -0.25) is 9.59 Å². The summed E-state index contributed by atoms with van der Waals surface area (Å²) in [7, 11) is 0. The maximum atomic E-state index is 14.3. The van der Waals surface area contributed by atoms with Gasteiger partial charge in [0.15, 0.2) is 35.1 Å². The average Bonchev–Trinajstić information content (AvgIpc) is 2.78. The number of para-hydroxylation sites is 1. The number of hydrogen-bond donors (Lipinski definition) is 0. The molecule has 0 aliphatic carbocycles. The summed E-state index contributed by atoms with van der Waals surface area (Å²) >= 11 is 0. The Bertz CT molecular complexity index is 1070. The first-order valence-corrected chi connectivity index (χ1v) is 10.1. The van der Waals surface area contributed by atoms with Crippen molar-refractivity contribution in [3.63, 3.8) is 0 Å². The van der Waals surface area contributed by atoms with Crippen LogP contribution < -0.4 is 9.64 Å². The lowest BCUT2D eigenvalue weighted by Gasteiger charge is -2.33. The quantitative estimate of drug-likeness (QED) is 0.179. The fraction of sp³-hybridized carbons (Fsp3) is 0.304. The fourth-order valence-corrected chi connectivity index (χ4v) is 3.34. The van der Waals surface area contributed by atoms with E-state index in [1.165, 1.54) is 12.1 Å². The first kappa shape index (κ1) is 23.4. The lowest BCUT2D eigenvalue weighted by atomic mass is 10.0. The average molecular weight is 453 g/mol. The summed E-state index contributed by atoms with van der Waals surface area (Å²) < 4.78 is 75.1. The summed E-state index contributed by atoms with van der Waals surface area (Å²) in [6, 6.07) is 4.44. The van der Waals surface area contributed by atoms with Gasteiger partial charge in [0.05, 0.1) is 5.69 Å². The van der Waals surface area contributed by atoms with E-state index in [9.17, 15) is 31.5 Å². The summed E-state index contributed by atoms with van der Waals surface area (Å²) in [5, 5.41) is 0. The van der Waals surface area contributed by atoms with Gasteiger partial charge in [-0.05, 0) is 18.9 Å². The minimum absolute atomic E-state index is 0.101. The van der Waals surface area contributed by atoms with Gasteiger partial charge in [-0.2, -0.15) is 0 Å². The van der Waals surface area contributed by atoms with Crippen molar-refractivity contribution >= 4 is 23.6 Å². The number of hydrogen-bond acceptors (Lipinski definition) is 3. The van der Waals surface area contributed by atoms with Crippen LogP contribution in [0.5, 0.6) is 5.75 Å². The van der Waals surface area contributed by atoms with E-state index in [4.69, 9.17) is 4.74 Å². The summed E-state index contributed by atoms with van der Waals surface area (Å²) in [5.41, 5.74) is -1.35. The smallest absolute Gasteiger partial charge is 0.275 e. The minimum atomic E-state index is -2.39. The number of unbranched alkanes of at least 4 members (excludes halogenated alkanes) is 2. The molecule has 0 spiro atoms. The zero-order valence-corrected chi connectivity index (χ0v) is 17.4. The van der Waals surface area contributed by atoms with Crippen molar-refractivity contribution in [2.24, 2.45) is 0 Å². The lowest BCUT2D eigenvalue weighted by molar-refractivity contribution is -0.125. The molecular formula is C23H20F5NO3. The second-order valence-corrected chi connectivity index (χ2v) is 7.18. The maximum absolute atomic E-state index is 14.3. The summed E-state index contributed by atoms with van der Waals surface area (Å²) in [6.45, 7) is 3.62. The molecule has 1 heterocycles. The Hall–Kier alpha value is -3.23. The molecule has 1 aliphatic heterocycles. The van der Waals surface area contributed by atoms with Crippen molar-refractivity contribution < 1.29 is 36.3 Å². The molecule has 0 aromatic heterocycles. The molecule has 2 aromatic carbocycles. The monoisotopic (exact) mass is 453 g/mol. The number of fused-ring (bicyclic) bond motifs is 1. The van der Waals surface area contributed by atoms with Crippen molar-refractivity contribution in [2.45, 2.75) is 45.6 Å². The first-order valence-electron chi connectivity index (χ1n) is 10.1. The highest BCUT2D eigenvalue weighted by Gasteiger charge is 2.42. The van der Waals surface area contributed by atoms with Crippen molar-refractivity contribution in [1.29, 1.82) is 0 Å². The van der Waals surface area contributed by atoms with Crippen LogP contribution in [0.3, 0.4) is 0 Å². The van der Waals surface area contributed by atoms with E-state index in [0.717, 1.165) is 19.3 Å². The van der Waals surface area contributed by atoms with Gasteiger partial charge in [-0.25, -0.2) is 26.9 Å². The van der Waals surface area contributed by atoms with Crippen LogP contribution >= 0.6 is 0 Å². The number of benzene rings is 2. The Morgan fingerprint density at radius 2 is 1.66 bits per heavy atom. The van der Waals surface area contributed by atoms with Crippen LogP contribution in [0.25, 0.3) is 6.08 Å². The predicted octanol–water partition coefficient (Wildman–Crippen LogP) is 5.93. The van der Waals surface area contributed by atoms with Gasteiger partial charge in [0, 0.05) is 5.56 Å². The number of rotatable bonds is 6. The van der Waals surface area contributed by atoms with Crippen LogP contribution in [0.15, 0.2) is 24.3 Å². The molecule has 4 nitrogen and oxygen atoms in total. The van der Waals surface area contributed by atoms with Gasteiger partial charge in [0.25, 0.3) is 11.8 Å². The van der Waals surface area contributed by atoms with E-state index in [-0.39, 0.29) is 17.9 Å². The van der Waals surface area contributed by atoms with Gasteiger partial charge in [0.1, 0.15) is 5.56 Å².